The number of carbonyl (C=O) groups excluding carboxylic acids is 2. The van der Waals surface area contributed by atoms with E-state index in [-0.39, 0.29) is 6.03 Å². The Morgan fingerprint density at radius 3 is 2.22 bits per heavy atom. The van der Waals surface area contributed by atoms with E-state index in [9.17, 15) is 9.59 Å². The van der Waals surface area contributed by atoms with Crippen LogP contribution in [0.3, 0.4) is 0 Å². The number of ether oxygens (including phenoxy) is 1. The van der Waals surface area contributed by atoms with E-state index in [4.69, 9.17) is 4.74 Å². The summed E-state index contributed by atoms with van der Waals surface area (Å²) in [6.07, 6.45) is 1.99. The zero-order chi connectivity index (χ0) is 17.5. The Balaban J connectivity index is 0.000000868. The summed E-state index contributed by atoms with van der Waals surface area (Å²) in [5.74, 6) is 0. The number of hydrogen-bond acceptors (Lipinski definition) is 3. The predicted octanol–water partition coefficient (Wildman–Crippen LogP) is 3.41. The molecule has 1 heterocycles. The number of hydrogen-bond donors (Lipinski definition) is 1. The molecule has 0 aliphatic carbocycles. The van der Waals surface area contributed by atoms with Crippen molar-refractivity contribution in [1.29, 1.82) is 0 Å². The Morgan fingerprint density at radius 1 is 1.22 bits per heavy atom. The van der Waals surface area contributed by atoms with Gasteiger partial charge in [-0.1, -0.05) is 64.4 Å². The van der Waals surface area contributed by atoms with Crippen LogP contribution in [0.15, 0.2) is 30.3 Å². The second-order valence-electron chi connectivity index (χ2n) is 4.78. The van der Waals surface area contributed by atoms with Gasteiger partial charge in [-0.3, -0.25) is 0 Å². The summed E-state index contributed by atoms with van der Waals surface area (Å²) in [6.45, 7) is 10.5. The molecule has 1 aliphatic heterocycles. The highest BCUT2D eigenvalue weighted by molar-refractivity contribution is 5.79. The number of carbonyl (C=O) groups is 2. The predicted molar refractivity (Wildman–Crippen MR) is 93.5 cm³/mol. The quantitative estimate of drug-likeness (QED) is 0.868. The fourth-order valence-electron chi connectivity index (χ4n) is 1.85. The van der Waals surface area contributed by atoms with Crippen LogP contribution in [0, 0.1) is 0 Å². The first kappa shape index (κ1) is 21.1. The number of amides is 2. The average Bonchev–Trinajstić information content (AvgIpc) is 2.63. The lowest BCUT2D eigenvalue weighted by molar-refractivity contribution is -0.109. The number of aldehydes is 1. The van der Waals surface area contributed by atoms with Crippen molar-refractivity contribution in [2.24, 2.45) is 0 Å². The van der Waals surface area contributed by atoms with Crippen molar-refractivity contribution in [1.82, 2.24) is 10.2 Å². The summed E-state index contributed by atoms with van der Waals surface area (Å²) in [7, 11) is 0. The van der Waals surface area contributed by atoms with Gasteiger partial charge in [0, 0.05) is 13.1 Å². The highest BCUT2D eigenvalue weighted by Crippen LogP contribution is 2.10. The van der Waals surface area contributed by atoms with E-state index in [1.165, 1.54) is 6.42 Å². The lowest BCUT2D eigenvalue weighted by atomic mass is 10.1. The standard InChI is InChI=1S/C13H16N2O3.C3H8.C2H6/c16-10-12(11-4-2-1-3-5-11)14-13(17)15-6-8-18-9-7-15;1-3-2;1-2/h1-5,10,12H,6-9H2,(H,14,17);3H2,1-2H3;1-2H3. The Labute approximate surface area is 140 Å². The summed E-state index contributed by atoms with van der Waals surface area (Å²) >= 11 is 0. The summed E-state index contributed by atoms with van der Waals surface area (Å²) in [5.41, 5.74) is 0.786. The zero-order valence-electron chi connectivity index (χ0n) is 14.7. The van der Waals surface area contributed by atoms with Gasteiger partial charge in [0.2, 0.25) is 0 Å². The largest absolute Gasteiger partial charge is 0.378 e. The Kier molecular flexibility index (Phi) is 12.6. The summed E-state index contributed by atoms with van der Waals surface area (Å²) in [6, 6.07) is 8.37. The van der Waals surface area contributed by atoms with Gasteiger partial charge >= 0.3 is 6.03 Å². The van der Waals surface area contributed by atoms with E-state index in [1.54, 1.807) is 4.90 Å². The van der Waals surface area contributed by atoms with Gasteiger partial charge in [-0.05, 0) is 5.56 Å². The number of morpholine rings is 1. The molecule has 1 aromatic carbocycles. The maximum atomic E-state index is 11.9. The van der Waals surface area contributed by atoms with Crippen LogP contribution >= 0.6 is 0 Å². The molecule has 0 saturated carbocycles. The van der Waals surface area contributed by atoms with Crippen LogP contribution in [-0.2, 0) is 9.53 Å². The molecule has 1 atom stereocenters. The molecular weight excluding hydrogens is 292 g/mol. The highest BCUT2D eigenvalue weighted by atomic mass is 16.5. The van der Waals surface area contributed by atoms with Crippen molar-refractivity contribution in [2.75, 3.05) is 26.3 Å². The second kappa shape index (κ2) is 13.8. The molecule has 5 heteroatoms. The monoisotopic (exact) mass is 322 g/mol. The van der Waals surface area contributed by atoms with Gasteiger partial charge in [0.25, 0.3) is 0 Å². The maximum absolute atomic E-state index is 11.9. The summed E-state index contributed by atoms with van der Waals surface area (Å²) in [4.78, 5) is 24.7. The van der Waals surface area contributed by atoms with Crippen LogP contribution in [0.1, 0.15) is 45.7 Å². The normalized spacial score (nSPS) is 14.3. The van der Waals surface area contributed by atoms with Gasteiger partial charge in [0.05, 0.1) is 13.2 Å². The topological polar surface area (TPSA) is 58.6 Å². The van der Waals surface area contributed by atoms with Crippen molar-refractivity contribution < 1.29 is 14.3 Å². The highest BCUT2D eigenvalue weighted by Gasteiger charge is 2.20. The van der Waals surface area contributed by atoms with Gasteiger partial charge < -0.3 is 19.7 Å². The van der Waals surface area contributed by atoms with Gasteiger partial charge in [-0.2, -0.15) is 0 Å². The van der Waals surface area contributed by atoms with Gasteiger partial charge in [0.15, 0.2) is 0 Å². The van der Waals surface area contributed by atoms with Crippen molar-refractivity contribution in [3.63, 3.8) is 0 Å². The van der Waals surface area contributed by atoms with Crippen molar-refractivity contribution in [3.8, 4) is 0 Å². The van der Waals surface area contributed by atoms with Crippen LogP contribution in [-0.4, -0.2) is 43.5 Å². The number of nitrogens with zero attached hydrogens (tertiary/aromatic N) is 1. The van der Waals surface area contributed by atoms with Crippen LogP contribution in [0.25, 0.3) is 0 Å². The minimum absolute atomic E-state index is 0.223. The first-order valence-electron chi connectivity index (χ1n) is 8.36. The smallest absolute Gasteiger partial charge is 0.318 e. The van der Waals surface area contributed by atoms with Gasteiger partial charge in [0.1, 0.15) is 12.3 Å². The van der Waals surface area contributed by atoms with Gasteiger partial charge in [-0.25, -0.2) is 4.79 Å². The van der Waals surface area contributed by atoms with Crippen molar-refractivity contribution in [2.45, 2.75) is 40.2 Å². The fraction of sp³-hybridized carbons (Fsp3) is 0.556. The first-order chi connectivity index (χ1) is 11.2. The molecule has 130 valence electrons. The molecule has 1 saturated heterocycles. The molecule has 23 heavy (non-hydrogen) atoms. The molecule has 1 aromatic rings. The molecule has 2 amide bonds. The summed E-state index contributed by atoms with van der Waals surface area (Å²) in [5, 5.41) is 2.72. The van der Waals surface area contributed by atoms with Crippen molar-refractivity contribution in [3.05, 3.63) is 35.9 Å². The van der Waals surface area contributed by atoms with E-state index in [1.807, 2.05) is 44.2 Å². The average molecular weight is 322 g/mol. The summed E-state index contributed by atoms with van der Waals surface area (Å²) < 4.78 is 5.17. The number of benzene rings is 1. The van der Waals surface area contributed by atoms with Crippen LogP contribution < -0.4 is 5.32 Å². The van der Waals surface area contributed by atoms with Crippen LogP contribution in [0.5, 0.6) is 0 Å². The molecule has 2 rings (SSSR count). The molecule has 0 bridgehead atoms. The fourth-order valence-corrected chi connectivity index (χ4v) is 1.85. The zero-order valence-corrected chi connectivity index (χ0v) is 14.7. The maximum Gasteiger partial charge on any atom is 0.318 e. The van der Waals surface area contributed by atoms with E-state index >= 15 is 0 Å². The third-order valence-corrected chi connectivity index (χ3v) is 2.87. The first-order valence-corrected chi connectivity index (χ1v) is 8.36. The number of nitrogens with one attached hydrogen (secondary N) is 1. The van der Waals surface area contributed by atoms with E-state index < -0.39 is 6.04 Å². The van der Waals surface area contributed by atoms with Gasteiger partial charge in [-0.15, -0.1) is 0 Å². The molecule has 1 fully saturated rings. The molecule has 5 nitrogen and oxygen atoms in total. The minimum atomic E-state index is -0.596. The van der Waals surface area contributed by atoms with Crippen LogP contribution in [0.4, 0.5) is 4.79 Å². The molecule has 0 aromatic heterocycles. The molecule has 0 radical (unpaired) electrons. The number of rotatable bonds is 3. The van der Waals surface area contributed by atoms with E-state index in [0.717, 1.165) is 11.8 Å². The van der Waals surface area contributed by atoms with E-state index in [2.05, 4.69) is 19.2 Å². The molecule has 1 unspecified atom stereocenters. The SMILES string of the molecule is CC.CCC.O=CC(NC(=O)N1CCOCC1)c1ccccc1. The number of urea groups is 1. The molecular formula is C18H30N2O3. The van der Waals surface area contributed by atoms with Crippen molar-refractivity contribution >= 4 is 12.3 Å². The third kappa shape index (κ3) is 8.35. The molecule has 0 spiro atoms. The molecule has 1 N–H and O–H groups in total. The lowest BCUT2D eigenvalue weighted by Crippen LogP contribution is -2.47. The lowest BCUT2D eigenvalue weighted by Gasteiger charge is -2.28. The van der Waals surface area contributed by atoms with E-state index in [0.29, 0.717) is 26.3 Å². The Morgan fingerprint density at radius 2 is 1.74 bits per heavy atom. The third-order valence-electron chi connectivity index (χ3n) is 2.87. The minimum Gasteiger partial charge on any atom is -0.378 e. The van der Waals surface area contributed by atoms with Crippen LogP contribution in [0.2, 0.25) is 0 Å². The Hall–Kier alpha value is -1.88. The molecule has 1 aliphatic rings. The Bertz CT molecular complexity index is 418. The second-order valence-corrected chi connectivity index (χ2v) is 4.78.